The summed E-state index contributed by atoms with van der Waals surface area (Å²) in [7, 11) is 0. The number of carbonyl (C=O) groups excluding carboxylic acids is 1. The Bertz CT molecular complexity index is 698. The highest BCUT2D eigenvalue weighted by Crippen LogP contribution is 2.33. The average Bonchev–Trinajstić information content (AvgIpc) is 3.34. The van der Waals surface area contributed by atoms with Crippen molar-refractivity contribution < 1.29 is 4.79 Å². The fourth-order valence-electron chi connectivity index (χ4n) is 3.83. The second-order valence-corrected chi connectivity index (χ2v) is 7.13. The zero-order chi connectivity index (χ0) is 17.2. The van der Waals surface area contributed by atoms with Crippen LogP contribution in [0, 0.1) is 0 Å². The number of hydrogen-bond acceptors (Lipinski definition) is 3. The van der Waals surface area contributed by atoms with Crippen molar-refractivity contribution in [2.75, 3.05) is 19.6 Å². The Morgan fingerprint density at radius 3 is 2.36 bits per heavy atom. The molecular weight excluding hydrogens is 312 g/mol. The van der Waals surface area contributed by atoms with Gasteiger partial charge in [0.2, 0.25) is 0 Å². The molecule has 132 valence electrons. The molecule has 4 rings (SSSR count). The Morgan fingerprint density at radius 2 is 1.80 bits per heavy atom. The van der Waals surface area contributed by atoms with Crippen LogP contribution in [0.4, 0.5) is 0 Å². The van der Waals surface area contributed by atoms with Gasteiger partial charge in [0.05, 0.1) is 6.33 Å². The SMILES string of the molecule is CCN1CCC(N(C(=O)c2ccc(-n3ccnc3)cc2)C2CC2)CC1. The van der Waals surface area contributed by atoms with E-state index in [1.807, 2.05) is 35.0 Å². The summed E-state index contributed by atoms with van der Waals surface area (Å²) in [5, 5.41) is 0. The molecule has 1 amide bonds. The number of benzene rings is 1. The molecule has 1 saturated heterocycles. The van der Waals surface area contributed by atoms with Crippen LogP contribution in [-0.4, -0.2) is 57.0 Å². The molecule has 1 saturated carbocycles. The average molecular weight is 338 g/mol. The van der Waals surface area contributed by atoms with Crippen molar-refractivity contribution in [3.05, 3.63) is 48.5 Å². The Labute approximate surface area is 149 Å². The van der Waals surface area contributed by atoms with E-state index in [4.69, 9.17) is 0 Å². The smallest absolute Gasteiger partial charge is 0.254 e. The van der Waals surface area contributed by atoms with Crippen molar-refractivity contribution in [1.29, 1.82) is 0 Å². The zero-order valence-corrected chi connectivity index (χ0v) is 14.8. The standard InChI is InChI=1S/C20H26N4O/c1-2-22-12-9-19(10-13-22)24(18-7-8-18)20(25)16-3-5-17(6-4-16)23-14-11-21-15-23/h3-6,11,14-15,18-19H,2,7-10,12-13H2,1H3. The van der Waals surface area contributed by atoms with Crippen LogP contribution in [0.2, 0.25) is 0 Å². The molecule has 25 heavy (non-hydrogen) atoms. The Morgan fingerprint density at radius 1 is 1.12 bits per heavy atom. The molecule has 0 spiro atoms. The van der Waals surface area contributed by atoms with E-state index in [0.29, 0.717) is 12.1 Å². The van der Waals surface area contributed by atoms with E-state index in [2.05, 4.69) is 21.7 Å². The zero-order valence-electron chi connectivity index (χ0n) is 14.8. The number of amides is 1. The van der Waals surface area contributed by atoms with Gasteiger partial charge in [-0.3, -0.25) is 4.79 Å². The van der Waals surface area contributed by atoms with Crippen molar-refractivity contribution in [3.8, 4) is 5.69 Å². The van der Waals surface area contributed by atoms with Crippen LogP contribution in [0.5, 0.6) is 0 Å². The third kappa shape index (κ3) is 3.47. The Balaban J connectivity index is 1.49. The minimum absolute atomic E-state index is 0.203. The van der Waals surface area contributed by atoms with Gasteiger partial charge in [0.15, 0.2) is 0 Å². The van der Waals surface area contributed by atoms with Gasteiger partial charge < -0.3 is 14.4 Å². The lowest BCUT2D eigenvalue weighted by Gasteiger charge is -2.38. The van der Waals surface area contributed by atoms with Gasteiger partial charge in [0, 0.05) is 48.8 Å². The van der Waals surface area contributed by atoms with E-state index in [-0.39, 0.29) is 5.91 Å². The largest absolute Gasteiger partial charge is 0.333 e. The second-order valence-electron chi connectivity index (χ2n) is 7.13. The summed E-state index contributed by atoms with van der Waals surface area (Å²) >= 11 is 0. The number of piperidine rings is 1. The van der Waals surface area contributed by atoms with Crippen LogP contribution >= 0.6 is 0 Å². The monoisotopic (exact) mass is 338 g/mol. The predicted octanol–water partition coefficient (Wildman–Crippen LogP) is 2.96. The lowest BCUT2D eigenvalue weighted by atomic mass is 10.0. The van der Waals surface area contributed by atoms with E-state index in [1.54, 1.807) is 12.5 Å². The summed E-state index contributed by atoms with van der Waals surface area (Å²) in [6.07, 6.45) is 9.96. The van der Waals surface area contributed by atoms with Crippen LogP contribution in [0.1, 0.15) is 43.0 Å². The number of carbonyl (C=O) groups is 1. The molecule has 2 heterocycles. The summed E-state index contributed by atoms with van der Waals surface area (Å²) in [6, 6.07) is 8.76. The molecule has 2 fully saturated rings. The molecule has 5 heteroatoms. The molecular formula is C20H26N4O. The second kappa shape index (κ2) is 7.00. The number of imidazole rings is 1. The normalized spacial score (nSPS) is 19.1. The highest BCUT2D eigenvalue weighted by Gasteiger charge is 2.38. The molecule has 0 bridgehead atoms. The van der Waals surface area contributed by atoms with Crippen molar-refractivity contribution in [3.63, 3.8) is 0 Å². The van der Waals surface area contributed by atoms with Gasteiger partial charge in [-0.2, -0.15) is 0 Å². The number of likely N-dealkylation sites (tertiary alicyclic amines) is 1. The maximum Gasteiger partial charge on any atom is 0.254 e. The predicted molar refractivity (Wildman–Crippen MR) is 97.9 cm³/mol. The molecule has 0 unspecified atom stereocenters. The summed E-state index contributed by atoms with van der Waals surface area (Å²) in [5.41, 5.74) is 1.83. The van der Waals surface area contributed by atoms with Gasteiger partial charge in [-0.15, -0.1) is 0 Å². The van der Waals surface area contributed by atoms with Crippen LogP contribution < -0.4 is 0 Å². The van der Waals surface area contributed by atoms with Crippen LogP contribution in [-0.2, 0) is 0 Å². The summed E-state index contributed by atoms with van der Waals surface area (Å²) in [5.74, 6) is 0.203. The molecule has 1 aliphatic heterocycles. The van der Waals surface area contributed by atoms with Crippen LogP contribution in [0.3, 0.4) is 0 Å². The molecule has 0 N–H and O–H groups in total. The summed E-state index contributed by atoms with van der Waals surface area (Å²) < 4.78 is 1.95. The van der Waals surface area contributed by atoms with Gasteiger partial charge in [0.25, 0.3) is 5.91 Å². The first-order chi connectivity index (χ1) is 12.3. The first kappa shape index (κ1) is 16.3. The van der Waals surface area contributed by atoms with E-state index in [1.165, 1.54) is 0 Å². The Hall–Kier alpha value is -2.14. The molecule has 0 atom stereocenters. The van der Waals surface area contributed by atoms with Gasteiger partial charge in [-0.1, -0.05) is 6.92 Å². The van der Waals surface area contributed by atoms with Crippen molar-refractivity contribution in [1.82, 2.24) is 19.4 Å². The first-order valence-electron chi connectivity index (χ1n) is 9.39. The molecule has 2 aliphatic rings. The summed E-state index contributed by atoms with van der Waals surface area (Å²) in [6.45, 7) is 5.54. The van der Waals surface area contributed by atoms with Gasteiger partial charge in [0.1, 0.15) is 0 Å². The maximum absolute atomic E-state index is 13.2. The van der Waals surface area contributed by atoms with E-state index in [9.17, 15) is 4.79 Å². The number of aromatic nitrogens is 2. The minimum atomic E-state index is 0.203. The lowest BCUT2D eigenvalue weighted by molar-refractivity contribution is 0.0554. The third-order valence-electron chi connectivity index (χ3n) is 5.49. The molecule has 2 aromatic rings. The fourth-order valence-corrected chi connectivity index (χ4v) is 3.83. The maximum atomic E-state index is 13.2. The van der Waals surface area contributed by atoms with Crippen LogP contribution in [0.15, 0.2) is 43.0 Å². The van der Waals surface area contributed by atoms with Crippen molar-refractivity contribution in [2.24, 2.45) is 0 Å². The van der Waals surface area contributed by atoms with Crippen molar-refractivity contribution >= 4 is 5.91 Å². The highest BCUT2D eigenvalue weighted by molar-refractivity contribution is 5.95. The fraction of sp³-hybridized carbons (Fsp3) is 0.500. The van der Waals surface area contributed by atoms with E-state index >= 15 is 0 Å². The molecule has 1 aromatic carbocycles. The number of hydrogen-bond donors (Lipinski definition) is 0. The van der Waals surface area contributed by atoms with Crippen molar-refractivity contribution in [2.45, 2.75) is 44.7 Å². The van der Waals surface area contributed by atoms with Crippen LogP contribution in [0.25, 0.3) is 5.69 Å². The summed E-state index contributed by atoms with van der Waals surface area (Å²) in [4.78, 5) is 21.9. The molecule has 5 nitrogen and oxygen atoms in total. The van der Waals surface area contributed by atoms with E-state index in [0.717, 1.165) is 56.6 Å². The molecule has 1 aromatic heterocycles. The third-order valence-corrected chi connectivity index (χ3v) is 5.49. The minimum Gasteiger partial charge on any atom is -0.333 e. The van der Waals surface area contributed by atoms with E-state index < -0.39 is 0 Å². The lowest BCUT2D eigenvalue weighted by Crippen LogP contribution is -2.48. The van der Waals surface area contributed by atoms with Gasteiger partial charge in [-0.25, -0.2) is 4.98 Å². The quantitative estimate of drug-likeness (QED) is 0.842. The topological polar surface area (TPSA) is 41.4 Å². The molecule has 0 radical (unpaired) electrons. The number of nitrogens with zero attached hydrogens (tertiary/aromatic N) is 4. The number of rotatable bonds is 5. The Kier molecular flexibility index (Phi) is 4.57. The highest BCUT2D eigenvalue weighted by atomic mass is 16.2. The first-order valence-corrected chi connectivity index (χ1v) is 9.39. The molecule has 1 aliphatic carbocycles. The van der Waals surface area contributed by atoms with Gasteiger partial charge in [-0.05, 0) is 56.5 Å². The van der Waals surface area contributed by atoms with Gasteiger partial charge >= 0.3 is 0 Å².